The molecule has 0 spiro atoms. The van der Waals surface area contributed by atoms with Crippen molar-refractivity contribution in [3.63, 3.8) is 0 Å². The summed E-state index contributed by atoms with van der Waals surface area (Å²) in [7, 11) is 0. The summed E-state index contributed by atoms with van der Waals surface area (Å²) < 4.78 is 58.3. The lowest BCUT2D eigenvalue weighted by atomic mass is 9.75. The molecule has 2 N–H and O–H groups in total. The number of nitrogens with two attached hydrogens (primary N) is 1. The van der Waals surface area contributed by atoms with Crippen molar-refractivity contribution in [1.82, 2.24) is 0 Å². The molecule has 1 aliphatic carbocycles. The van der Waals surface area contributed by atoms with Crippen molar-refractivity contribution < 1.29 is 17.6 Å². The zero-order valence-electron chi connectivity index (χ0n) is 18.4. The lowest BCUT2D eigenvalue weighted by molar-refractivity contribution is 0.369. The summed E-state index contributed by atoms with van der Waals surface area (Å²) in [4.78, 5) is 4.04. The van der Waals surface area contributed by atoms with Gasteiger partial charge in [0.15, 0.2) is 23.3 Å². The van der Waals surface area contributed by atoms with Gasteiger partial charge in [-0.25, -0.2) is 17.6 Å². The molecule has 0 unspecified atom stereocenters. The highest BCUT2D eigenvalue weighted by atomic mass is 19.2. The number of hydrogen-bond acceptors (Lipinski definition) is 2. The molecular weight excluding hydrogens is 416 g/mol. The Morgan fingerprint density at radius 2 is 1.47 bits per heavy atom. The number of benzene rings is 2. The van der Waals surface area contributed by atoms with Gasteiger partial charge in [0.25, 0.3) is 0 Å². The summed E-state index contributed by atoms with van der Waals surface area (Å²) >= 11 is 0. The average molecular weight is 445 g/mol. The smallest absolute Gasteiger partial charge is 0.168 e. The van der Waals surface area contributed by atoms with Crippen LogP contribution in [0.2, 0.25) is 0 Å². The number of nitrogens with zero attached hydrogens (tertiary/aromatic N) is 1. The van der Waals surface area contributed by atoms with E-state index in [9.17, 15) is 17.6 Å². The van der Waals surface area contributed by atoms with Gasteiger partial charge in [-0.05, 0) is 85.4 Å². The summed E-state index contributed by atoms with van der Waals surface area (Å²) in [5.41, 5.74) is 7.17. The first-order valence-electron chi connectivity index (χ1n) is 10.8. The Balaban J connectivity index is 1.75. The molecule has 0 aromatic heterocycles. The molecule has 0 heterocycles. The predicted octanol–water partition coefficient (Wildman–Crippen LogP) is 7.15. The van der Waals surface area contributed by atoms with Crippen LogP contribution >= 0.6 is 0 Å². The molecule has 0 saturated heterocycles. The Morgan fingerprint density at radius 1 is 0.938 bits per heavy atom. The van der Waals surface area contributed by atoms with Crippen LogP contribution in [0, 0.1) is 23.3 Å². The number of aryl methyl sites for hydroxylation is 1. The fourth-order valence-corrected chi connectivity index (χ4v) is 4.30. The zero-order chi connectivity index (χ0) is 23.4. The van der Waals surface area contributed by atoms with Crippen LogP contribution in [0.5, 0.6) is 0 Å². The molecule has 0 amide bonds. The zero-order valence-corrected chi connectivity index (χ0v) is 18.4. The van der Waals surface area contributed by atoms with Crippen LogP contribution in [0.4, 0.5) is 17.6 Å². The van der Waals surface area contributed by atoms with Gasteiger partial charge in [0, 0.05) is 11.8 Å². The van der Waals surface area contributed by atoms with Gasteiger partial charge in [-0.1, -0.05) is 31.7 Å². The van der Waals surface area contributed by atoms with Gasteiger partial charge in [0.05, 0.1) is 5.70 Å². The molecule has 32 heavy (non-hydrogen) atoms. The maximum atomic E-state index is 14.9. The van der Waals surface area contributed by atoms with E-state index in [1.165, 1.54) is 18.5 Å². The van der Waals surface area contributed by atoms with E-state index in [0.717, 1.165) is 0 Å². The minimum absolute atomic E-state index is 0.00503. The lowest BCUT2D eigenvalue weighted by Gasteiger charge is -2.30. The number of halogens is 4. The van der Waals surface area contributed by atoms with Gasteiger partial charge in [-0.2, -0.15) is 0 Å². The van der Waals surface area contributed by atoms with E-state index in [1.807, 2.05) is 0 Å². The van der Waals surface area contributed by atoms with Crippen LogP contribution in [0.1, 0.15) is 73.6 Å². The van der Waals surface area contributed by atoms with E-state index in [-0.39, 0.29) is 23.1 Å². The first-order valence-corrected chi connectivity index (χ1v) is 10.8. The average Bonchev–Trinajstić information content (AvgIpc) is 2.81. The SMILES string of the molecule is C=C(N=C/C(C)=C\N)c1ccc(C2CCC(c3ccc(CC)c(F)c3F)CC2)c(F)c1F. The molecule has 1 fully saturated rings. The molecule has 0 atom stereocenters. The summed E-state index contributed by atoms with van der Waals surface area (Å²) in [6.07, 6.45) is 5.51. The standard InChI is InChI=1S/C26H28F4N2/c1-4-17-9-10-21(25(29)23(17)27)18-5-7-19(8-6-18)22-12-11-20(24(28)26(22)30)16(3)32-14-15(2)13-31/h9-14,18-19H,3-8,31H2,1-2H3/b15-13-,32-14?. The van der Waals surface area contributed by atoms with Crippen molar-refractivity contribution in [3.05, 3.63) is 88.1 Å². The monoisotopic (exact) mass is 444 g/mol. The predicted molar refractivity (Wildman–Crippen MR) is 122 cm³/mol. The molecule has 170 valence electrons. The quantitative estimate of drug-likeness (QED) is 0.373. The highest BCUT2D eigenvalue weighted by Crippen LogP contribution is 2.43. The first-order chi connectivity index (χ1) is 15.3. The van der Waals surface area contributed by atoms with Gasteiger partial charge in [-0.15, -0.1) is 0 Å². The van der Waals surface area contributed by atoms with Crippen LogP contribution in [-0.2, 0) is 6.42 Å². The number of rotatable bonds is 6. The molecule has 1 aliphatic rings. The summed E-state index contributed by atoms with van der Waals surface area (Å²) in [5, 5.41) is 0. The second-order valence-corrected chi connectivity index (χ2v) is 8.29. The van der Waals surface area contributed by atoms with Crippen LogP contribution in [0.15, 0.2) is 47.6 Å². The molecule has 6 heteroatoms. The summed E-state index contributed by atoms with van der Waals surface area (Å²) in [6, 6.07) is 6.35. The Labute approximate surface area is 186 Å². The lowest BCUT2D eigenvalue weighted by Crippen LogP contribution is -2.15. The van der Waals surface area contributed by atoms with Crippen molar-refractivity contribution in [2.24, 2.45) is 10.7 Å². The molecular formula is C26H28F4N2. The fraction of sp³-hybridized carbons (Fsp3) is 0.346. The first kappa shape index (κ1) is 23.8. The maximum absolute atomic E-state index is 14.9. The Hall–Kier alpha value is -2.89. The molecule has 2 aromatic carbocycles. The van der Waals surface area contributed by atoms with E-state index in [0.29, 0.717) is 54.4 Å². The van der Waals surface area contributed by atoms with Gasteiger partial charge >= 0.3 is 0 Å². The second-order valence-electron chi connectivity index (χ2n) is 8.29. The minimum atomic E-state index is -0.982. The van der Waals surface area contributed by atoms with Crippen molar-refractivity contribution in [1.29, 1.82) is 0 Å². The largest absolute Gasteiger partial charge is 0.404 e. The molecule has 0 bridgehead atoms. The van der Waals surface area contributed by atoms with Crippen molar-refractivity contribution in [3.8, 4) is 0 Å². The van der Waals surface area contributed by atoms with Crippen molar-refractivity contribution in [2.45, 2.75) is 57.8 Å². The number of hydrogen-bond donors (Lipinski definition) is 1. The molecule has 0 radical (unpaired) electrons. The molecule has 2 aromatic rings. The van der Waals surface area contributed by atoms with E-state index >= 15 is 0 Å². The second kappa shape index (κ2) is 10.2. The van der Waals surface area contributed by atoms with Crippen molar-refractivity contribution >= 4 is 11.9 Å². The Bertz CT molecular complexity index is 1060. The van der Waals surface area contributed by atoms with Gasteiger partial charge < -0.3 is 5.73 Å². The topological polar surface area (TPSA) is 38.4 Å². The van der Waals surface area contributed by atoms with Gasteiger partial charge in [0.2, 0.25) is 0 Å². The maximum Gasteiger partial charge on any atom is 0.168 e. The normalized spacial score (nSPS) is 19.5. The van der Waals surface area contributed by atoms with E-state index in [4.69, 9.17) is 5.73 Å². The molecule has 1 saturated carbocycles. The number of allylic oxidation sites excluding steroid dienone is 1. The minimum Gasteiger partial charge on any atom is -0.404 e. The van der Waals surface area contributed by atoms with Gasteiger partial charge in [0.1, 0.15) is 0 Å². The highest BCUT2D eigenvalue weighted by molar-refractivity contribution is 5.83. The van der Waals surface area contributed by atoms with Crippen LogP contribution in [0.3, 0.4) is 0 Å². The molecule has 0 aliphatic heterocycles. The van der Waals surface area contributed by atoms with E-state index in [1.54, 1.807) is 32.0 Å². The summed E-state index contributed by atoms with van der Waals surface area (Å²) in [6.45, 7) is 7.21. The van der Waals surface area contributed by atoms with Gasteiger partial charge in [-0.3, -0.25) is 4.99 Å². The molecule has 3 rings (SSSR count). The van der Waals surface area contributed by atoms with E-state index in [2.05, 4.69) is 11.6 Å². The Morgan fingerprint density at radius 3 is 2.00 bits per heavy atom. The third-order valence-electron chi connectivity index (χ3n) is 6.29. The fourth-order valence-electron chi connectivity index (χ4n) is 4.30. The highest BCUT2D eigenvalue weighted by Gasteiger charge is 2.29. The third kappa shape index (κ3) is 4.79. The van der Waals surface area contributed by atoms with Crippen LogP contribution in [0.25, 0.3) is 5.70 Å². The summed E-state index contributed by atoms with van der Waals surface area (Å²) in [5.74, 6) is -3.77. The molecule has 2 nitrogen and oxygen atoms in total. The number of aliphatic imine (C=N–C) groups is 1. The Kier molecular flexibility index (Phi) is 7.54. The van der Waals surface area contributed by atoms with Crippen LogP contribution < -0.4 is 5.73 Å². The van der Waals surface area contributed by atoms with Crippen LogP contribution in [-0.4, -0.2) is 6.21 Å². The van der Waals surface area contributed by atoms with E-state index < -0.39 is 23.3 Å². The third-order valence-corrected chi connectivity index (χ3v) is 6.29. The van der Waals surface area contributed by atoms with Crippen molar-refractivity contribution in [2.75, 3.05) is 0 Å².